The van der Waals surface area contributed by atoms with Crippen molar-refractivity contribution in [1.82, 2.24) is 14.9 Å². The van der Waals surface area contributed by atoms with Gasteiger partial charge in [0.15, 0.2) is 11.5 Å². The lowest BCUT2D eigenvalue weighted by Gasteiger charge is -2.32. The number of para-hydroxylation sites is 1. The van der Waals surface area contributed by atoms with E-state index in [1.807, 2.05) is 60.9 Å². The van der Waals surface area contributed by atoms with Gasteiger partial charge in [-0.15, -0.1) is 0 Å². The summed E-state index contributed by atoms with van der Waals surface area (Å²) in [6, 6.07) is 33.4. The van der Waals surface area contributed by atoms with E-state index in [9.17, 15) is 9.59 Å². The van der Waals surface area contributed by atoms with Crippen LogP contribution in [0.1, 0.15) is 50.6 Å². The molecular formula is C42H39N5O4. The molecule has 7 rings (SSSR count). The smallest absolute Gasteiger partial charge is 0.257 e. The molecule has 0 aliphatic carbocycles. The van der Waals surface area contributed by atoms with E-state index in [0.29, 0.717) is 28.7 Å². The number of likely N-dealkylation sites (tertiary alicyclic amines) is 1. The normalized spacial score (nSPS) is 13.5. The summed E-state index contributed by atoms with van der Waals surface area (Å²) in [7, 11) is 3.01. The van der Waals surface area contributed by atoms with Gasteiger partial charge in [-0.1, -0.05) is 48.5 Å². The van der Waals surface area contributed by atoms with Gasteiger partial charge >= 0.3 is 0 Å². The summed E-state index contributed by atoms with van der Waals surface area (Å²) in [5.74, 6) is 0.415. The maximum Gasteiger partial charge on any atom is 0.257 e. The predicted octanol–water partition coefficient (Wildman–Crippen LogP) is 8.20. The lowest BCUT2D eigenvalue weighted by atomic mass is 9.89. The van der Waals surface area contributed by atoms with Crippen molar-refractivity contribution in [3.63, 3.8) is 0 Å². The Balaban J connectivity index is 0.997. The molecule has 1 saturated heterocycles. The van der Waals surface area contributed by atoms with Gasteiger partial charge in [-0.3, -0.25) is 24.5 Å². The van der Waals surface area contributed by atoms with E-state index in [4.69, 9.17) is 9.47 Å². The number of carbonyl (C=O) groups is 2. The average Bonchev–Trinajstić information content (AvgIpc) is 3.18. The van der Waals surface area contributed by atoms with E-state index in [2.05, 4.69) is 61.9 Å². The Morgan fingerprint density at radius 3 is 2.27 bits per heavy atom. The van der Waals surface area contributed by atoms with Crippen LogP contribution in [0.3, 0.4) is 0 Å². The predicted molar refractivity (Wildman–Crippen MR) is 201 cm³/mol. The summed E-state index contributed by atoms with van der Waals surface area (Å²) in [6.45, 7) is 2.96. The molecule has 1 aliphatic heterocycles. The third kappa shape index (κ3) is 7.74. The molecule has 0 spiro atoms. The number of ether oxygens (including phenoxy) is 2. The summed E-state index contributed by atoms with van der Waals surface area (Å²) >= 11 is 0. The zero-order valence-electron chi connectivity index (χ0n) is 28.6. The molecule has 1 fully saturated rings. The van der Waals surface area contributed by atoms with Crippen molar-refractivity contribution < 1.29 is 19.1 Å². The third-order valence-electron chi connectivity index (χ3n) is 9.44. The van der Waals surface area contributed by atoms with Crippen LogP contribution >= 0.6 is 0 Å². The summed E-state index contributed by atoms with van der Waals surface area (Å²) < 4.78 is 11.0. The second kappa shape index (κ2) is 15.2. The first-order valence-corrected chi connectivity index (χ1v) is 17.0. The number of hydrogen-bond donors (Lipinski definition) is 2. The molecule has 9 nitrogen and oxygen atoms in total. The van der Waals surface area contributed by atoms with E-state index >= 15 is 0 Å². The number of hydrogen-bond acceptors (Lipinski definition) is 7. The molecule has 0 atom stereocenters. The molecule has 0 unspecified atom stereocenters. The van der Waals surface area contributed by atoms with Gasteiger partial charge < -0.3 is 20.1 Å². The zero-order chi connectivity index (χ0) is 35.2. The van der Waals surface area contributed by atoms with Gasteiger partial charge in [0.1, 0.15) is 0 Å². The molecule has 6 aromatic rings. The number of piperidine rings is 1. The Hall–Kier alpha value is -6.06. The molecule has 0 saturated carbocycles. The maximum absolute atomic E-state index is 13.7. The van der Waals surface area contributed by atoms with E-state index in [0.717, 1.165) is 43.4 Å². The Kier molecular flexibility index (Phi) is 9.98. The topological polar surface area (TPSA) is 106 Å². The van der Waals surface area contributed by atoms with Crippen molar-refractivity contribution in [1.29, 1.82) is 0 Å². The first-order valence-electron chi connectivity index (χ1n) is 17.0. The number of amides is 2. The summed E-state index contributed by atoms with van der Waals surface area (Å²) in [6.07, 6.45) is 7.31. The van der Waals surface area contributed by atoms with Gasteiger partial charge in [0.2, 0.25) is 0 Å². The fraction of sp³-hybridized carbons (Fsp3) is 0.190. The molecule has 9 heteroatoms. The van der Waals surface area contributed by atoms with Crippen molar-refractivity contribution in [3.05, 3.63) is 144 Å². The van der Waals surface area contributed by atoms with Crippen LogP contribution in [0, 0.1) is 0 Å². The largest absolute Gasteiger partial charge is 0.493 e. The number of pyridine rings is 2. The van der Waals surface area contributed by atoms with Gasteiger partial charge in [-0.05, 0) is 103 Å². The van der Waals surface area contributed by atoms with Crippen LogP contribution in [0.15, 0.2) is 122 Å². The molecule has 4 aromatic carbocycles. The van der Waals surface area contributed by atoms with Crippen LogP contribution in [0.2, 0.25) is 0 Å². The average molecular weight is 678 g/mol. The Morgan fingerprint density at radius 1 is 0.765 bits per heavy atom. The molecule has 2 amide bonds. The molecule has 256 valence electrons. The fourth-order valence-electron chi connectivity index (χ4n) is 6.67. The Morgan fingerprint density at radius 2 is 1.51 bits per heavy atom. The molecule has 1 aliphatic rings. The van der Waals surface area contributed by atoms with Crippen LogP contribution in [-0.2, 0) is 6.54 Å². The van der Waals surface area contributed by atoms with Crippen molar-refractivity contribution in [3.8, 4) is 22.6 Å². The first kappa shape index (κ1) is 33.4. The van der Waals surface area contributed by atoms with Crippen molar-refractivity contribution >= 4 is 34.1 Å². The minimum atomic E-state index is -0.400. The number of anilines is 2. The Labute approximate surface area is 297 Å². The monoisotopic (exact) mass is 677 g/mol. The van der Waals surface area contributed by atoms with Crippen LogP contribution in [0.4, 0.5) is 11.4 Å². The van der Waals surface area contributed by atoms with Gasteiger partial charge in [0.05, 0.1) is 36.6 Å². The third-order valence-corrected chi connectivity index (χ3v) is 9.44. The number of fused-ring (bicyclic) bond motifs is 1. The summed E-state index contributed by atoms with van der Waals surface area (Å²) in [4.78, 5) is 38.1. The number of carbonyl (C=O) groups excluding carboxylic acids is 2. The van der Waals surface area contributed by atoms with Crippen molar-refractivity contribution in [2.75, 3.05) is 37.9 Å². The molecule has 2 aromatic heterocycles. The lowest BCUT2D eigenvalue weighted by Crippen LogP contribution is -2.32. The minimum absolute atomic E-state index is 0.234. The van der Waals surface area contributed by atoms with Gasteiger partial charge in [-0.2, -0.15) is 0 Å². The van der Waals surface area contributed by atoms with E-state index in [-0.39, 0.29) is 11.3 Å². The number of benzene rings is 4. The summed E-state index contributed by atoms with van der Waals surface area (Å²) in [5.41, 5.74) is 7.29. The maximum atomic E-state index is 13.7. The number of rotatable bonds is 10. The zero-order valence-corrected chi connectivity index (χ0v) is 28.6. The SMILES string of the molecule is COc1cc(NC(=O)c2cnc3ccccc3c2)c(C(=O)Nc2ccc(C3CCN(Cc4cccc(-c5ccncc5)c4)CC3)cc2)cc1OC. The highest BCUT2D eigenvalue weighted by Gasteiger charge is 2.22. The highest BCUT2D eigenvalue weighted by atomic mass is 16.5. The summed E-state index contributed by atoms with van der Waals surface area (Å²) in [5, 5.41) is 6.72. The first-order chi connectivity index (χ1) is 25.0. The van der Waals surface area contributed by atoms with Gasteiger partial charge in [-0.25, -0.2) is 0 Å². The van der Waals surface area contributed by atoms with E-state index in [1.165, 1.54) is 42.7 Å². The van der Waals surface area contributed by atoms with Crippen LogP contribution in [0.5, 0.6) is 11.5 Å². The molecule has 0 bridgehead atoms. The Bertz CT molecular complexity index is 2160. The van der Waals surface area contributed by atoms with Gasteiger partial charge in [0, 0.05) is 42.3 Å². The lowest BCUT2D eigenvalue weighted by molar-refractivity contribution is 0.102. The van der Waals surface area contributed by atoms with E-state index < -0.39 is 11.8 Å². The second-order valence-corrected chi connectivity index (χ2v) is 12.7. The number of nitrogens with one attached hydrogen (secondary N) is 2. The molecule has 0 radical (unpaired) electrons. The molecule has 2 N–H and O–H groups in total. The van der Waals surface area contributed by atoms with Crippen molar-refractivity contribution in [2.45, 2.75) is 25.3 Å². The number of nitrogens with zero attached hydrogens (tertiary/aromatic N) is 3. The number of aromatic nitrogens is 2. The highest BCUT2D eigenvalue weighted by molar-refractivity contribution is 6.13. The standard InChI is InChI=1S/C42H39N5O4/c1-50-39-24-36(38(25-40(39)51-2)46-41(48)34-23-33-7-3-4-9-37(33)44-26-34)42(49)45-35-12-10-29(11-13-35)31-16-20-47(21-17-31)27-28-6-5-8-32(22-28)30-14-18-43-19-15-30/h3-15,18-19,22-26,31H,16-17,20-21,27H2,1-2H3,(H,45,49)(H,46,48). The molecular weight excluding hydrogens is 638 g/mol. The highest BCUT2D eigenvalue weighted by Crippen LogP contribution is 2.35. The fourth-order valence-corrected chi connectivity index (χ4v) is 6.67. The number of methoxy groups -OCH3 is 2. The molecule has 51 heavy (non-hydrogen) atoms. The second-order valence-electron chi connectivity index (χ2n) is 12.7. The molecule has 3 heterocycles. The van der Waals surface area contributed by atoms with Gasteiger partial charge in [0.25, 0.3) is 11.8 Å². The van der Waals surface area contributed by atoms with Crippen molar-refractivity contribution in [2.24, 2.45) is 0 Å². The van der Waals surface area contributed by atoms with Crippen LogP contribution < -0.4 is 20.1 Å². The van der Waals surface area contributed by atoms with E-state index in [1.54, 1.807) is 18.2 Å². The quantitative estimate of drug-likeness (QED) is 0.151. The van der Waals surface area contributed by atoms with Crippen LogP contribution in [0.25, 0.3) is 22.0 Å². The van der Waals surface area contributed by atoms with Crippen LogP contribution in [-0.4, -0.2) is 54.0 Å². The minimum Gasteiger partial charge on any atom is -0.493 e.